The van der Waals surface area contributed by atoms with E-state index in [-0.39, 0.29) is 17.9 Å². The molecule has 0 aliphatic carbocycles. The van der Waals surface area contributed by atoms with E-state index in [4.69, 9.17) is 10.2 Å². The molecule has 0 saturated carbocycles. The van der Waals surface area contributed by atoms with Gasteiger partial charge in [-0.3, -0.25) is 19.2 Å². The predicted molar refractivity (Wildman–Crippen MR) is 102 cm³/mol. The number of carbonyl (C=O) groups is 5. The third-order valence-corrected chi connectivity index (χ3v) is 6.01. The lowest BCUT2D eigenvalue weighted by Gasteiger charge is -2.32. The maximum Gasteiger partial charge on any atom is 0.326 e. The summed E-state index contributed by atoms with van der Waals surface area (Å²) >= 11 is 0. The minimum Gasteiger partial charge on any atom is -0.481 e. The first-order chi connectivity index (χ1) is 14.3. The van der Waals surface area contributed by atoms with Crippen molar-refractivity contribution in [2.45, 2.75) is 69.1 Å². The Labute approximate surface area is 173 Å². The van der Waals surface area contributed by atoms with Gasteiger partial charge in [0.25, 0.3) is 0 Å². The van der Waals surface area contributed by atoms with Crippen molar-refractivity contribution in [2.75, 3.05) is 19.6 Å². The normalized spacial score (nSPS) is 27.1. The monoisotopic (exact) mass is 424 g/mol. The van der Waals surface area contributed by atoms with Gasteiger partial charge in [0.05, 0.1) is 12.5 Å². The van der Waals surface area contributed by atoms with E-state index >= 15 is 0 Å². The molecule has 11 nitrogen and oxygen atoms in total. The van der Waals surface area contributed by atoms with Crippen molar-refractivity contribution in [3.63, 3.8) is 0 Å². The number of carbonyl (C=O) groups excluding carboxylic acids is 3. The highest BCUT2D eigenvalue weighted by molar-refractivity contribution is 5.95. The van der Waals surface area contributed by atoms with Crippen LogP contribution < -0.4 is 10.6 Å². The van der Waals surface area contributed by atoms with E-state index in [1.807, 2.05) is 0 Å². The number of hydrogen-bond donors (Lipinski definition) is 4. The average molecular weight is 424 g/mol. The van der Waals surface area contributed by atoms with Crippen LogP contribution in [0.4, 0.5) is 0 Å². The minimum atomic E-state index is -1.56. The van der Waals surface area contributed by atoms with Crippen LogP contribution in [0.3, 0.4) is 0 Å². The van der Waals surface area contributed by atoms with Gasteiger partial charge in [0.1, 0.15) is 18.1 Å². The van der Waals surface area contributed by atoms with Gasteiger partial charge >= 0.3 is 11.9 Å². The highest BCUT2D eigenvalue weighted by Crippen LogP contribution is 2.26. The van der Waals surface area contributed by atoms with E-state index in [0.29, 0.717) is 38.8 Å². The van der Waals surface area contributed by atoms with Crippen LogP contribution in [0.1, 0.15) is 44.9 Å². The molecule has 3 fully saturated rings. The smallest absolute Gasteiger partial charge is 0.326 e. The van der Waals surface area contributed by atoms with Crippen LogP contribution in [-0.4, -0.2) is 93.5 Å². The first-order valence-corrected chi connectivity index (χ1v) is 10.4. The van der Waals surface area contributed by atoms with Gasteiger partial charge in [-0.1, -0.05) is 0 Å². The van der Waals surface area contributed by atoms with E-state index in [1.165, 1.54) is 4.90 Å². The van der Waals surface area contributed by atoms with E-state index in [1.54, 1.807) is 4.90 Å². The van der Waals surface area contributed by atoms with Crippen LogP contribution in [0.15, 0.2) is 0 Å². The van der Waals surface area contributed by atoms with Crippen LogP contribution in [0.25, 0.3) is 0 Å². The molecule has 3 heterocycles. The quantitative estimate of drug-likeness (QED) is 0.396. The molecule has 0 aromatic rings. The van der Waals surface area contributed by atoms with Crippen LogP contribution >= 0.6 is 0 Å². The Morgan fingerprint density at radius 3 is 2.10 bits per heavy atom. The zero-order valence-electron chi connectivity index (χ0n) is 16.7. The van der Waals surface area contributed by atoms with Gasteiger partial charge in [-0.2, -0.15) is 0 Å². The number of carboxylic acids is 2. The van der Waals surface area contributed by atoms with E-state index in [9.17, 15) is 24.0 Å². The molecule has 3 rings (SSSR count). The van der Waals surface area contributed by atoms with Gasteiger partial charge in [-0.25, -0.2) is 4.79 Å². The maximum atomic E-state index is 13.2. The Kier molecular flexibility index (Phi) is 6.91. The van der Waals surface area contributed by atoms with Gasteiger partial charge in [0, 0.05) is 13.1 Å². The molecule has 3 saturated heterocycles. The summed E-state index contributed by atoms with van der Waals surface area (Å²) in [6.45, 7) is 1.62. The highest BCUT2D eigenvalue weighted by Gasteiger charge is 2.44. The van der Waals surface area contributed by atoms with Crippen molar-refractivity contribution < 1.29 is 34.2 Å². The molecule has 11 heteroatoms. The number of nitrogens with zero attached hydrogens (tertiary/aromatic N) is 2. The first-order valence-electron chi connectivity index (χ1n) is 10.4. The molecule has 0 bridgehead atoms. The highest BCUT2D eigenvalue weighted by atomic mass is 16.4. The second-order valence-electron chi connectivity index (χ2n) is 8.03. The summed E-state index contributed by atoms with van der Waals surface area (Å²) in [6.07, 6.45) is 3.08. The summed E-state index contributed by atoms with van der Waals surface area (Å²) in [4.78, 5) is 63.8. The third kappa shape index (κ3) is 4.72. The number of aliphatic carboxylic acids is 2. The second kappa shape index (κ2) is 9.41. The van der Waals surface area contributed by atoms with E-state index in [2.05, 4.69) is 10.6 Å². The Balaban J connectivity index is 1.67. The molecule has 166 valence electrons. The van der Waals surface area contributed by atoms with Crippen molar-refractivity contribution in [3.8, 4) is 0 Å². The van der Waals surface area contributed by atoms with Crippen molar-refractivity contribution in [3.05, 3.63) is 0 Å². The molecule has 3 aliphatic rings. The van der Waals surface area contributed by atoms with E-state index < -0.39 is 42.4 Å². The van der Waals surface area contributed by atoms with Crippen LogP contribution in [-0.2, 0) is 24.0 Å². The number of likely N-dealkylation sites (tertiary alicyclic amines) is 2. The summed E-state index contributed by atoms with van der Waals surface area (Å²) in [5.74, 6) is -3.86. The summed E-state index contributed by atoms with van der Waals surface area (Å²) < 4.78 is 0. The number of nitrogens with one attached hydrogen (secondary N) is 2. The molecule has 3 amide bonds. The lowest BCUT2D eigenvalue weighted by atomic mass is 10.1. The molecule has 4 unspecified atom stereocenters. The predicted octanol–water partition coefficient (Wildman–Crippen LogP) is -1.24. The van der Waals surface area contributed by atoms with Gasteiger partial charge in [-0.05, 0) is 45.1 Å². The van der Waals surface area contributed by atoms with Gasteiger partial charge in [0.15, 0.2) is 0 Å². The maximum absolute atomic E-state index is 13.2. The molecule has 4 atom stereocenters. The minimum absolute atomic E-state index is 0.0871. The Morgan fingerprint density at radius 1 is 0.900 bits per heavy atom. The number of amides is 3. The summed E-state index contributed by atoms with van der Waals surface area (Å²) in [6, 6.07) is -3.33. The Morgan fingerprint density at radius 2 is 1.53 bits per heavy atom. The number of carboxylic acid groups (broad SMARTS) is 2. The fourth-order valence-electron chi connectivity index (χ4n) is 4.52. The van der Waals surface area contributed by atoms with Crippen molar-refractivity contribution in [2.24, 2.45) is 0 Å². The van der Waals surface area contributed by atoms with Gasteiger partial charge < -0.3 is 30.6 Å². The summed E-state index contributed by atoms with van der Waals surface area (Å²) in [5.41, 5.74) is 0. The van der Waals surface area contributed by atoms with E-state index in [0.717, 1.165) is 19.4 Å². The largest absolute Gasteiger partial charge is 0.481 e. The molecule has 0 radical (unpaired) electrons. The molecular weight excluding hydrogens is 396 g/mol. The number of hydrogen-bond acceptors (Lipinski definition) is 6. The lowest BCUT2D eigenvalue weighted by molar-refractivity contribution is -0.149. The van der Waals surface area contributed by atoms with Gasteiger partial charge in [-0.15, -0.1) is 0 Å². The summed E-state index contributed by atoms with van der Waals surface area (Å²) in [5, 5.41) is 23.4. The topological polar surface area (TPSA) is 156 Å². The molecule has 3 aliphatic heterocycles. The average Bonchev–Trinajstić information content (AvgIpc) is 3.47. The SMILES string of the molecule is O=C(O)CC(NC(=O)C1CCCN1C(=O)C1CCCN1C(=O)C1CCCN1)C(=O)O. The van der Waals surface area contributed by atoms with Crippen LogP contribution in [0, 0.1) is 0 Å². The third-order valence-electron chi connectivity index (χ3n) is 6.01. The molecular formula is C19H28N4O7. The molecule has 4 N–H and O–H groups in total. The molecule has 30 heavy (non-hydrogen) atoms. The van der Waals surface area contributed by atoms with Crippen molar-refractivity contribution in [1.29, 1.82) is 0 Å². The molecule has 0 spiro atoms. The standard InChI is InChI=1S/C19H28N4O7/c24-15(25)10-12(19(29)30)21-16(26)13-5-2-8-22(13)18(28)14-6-3-9-23(14)17(27)11-4-1-7-20-11/h11-14,20H,1-10H2,(H,21,26)(H,24,25)(H,29,30). The lowest BCUT2D eigenvalue weighted by Crippen LogP contribution is -2.56. The number of rotatable bonds is 7. The van der Waals surface area contributed by atoms with Crippen molar-refractivity contribution >= 4 is 29.7 Å². The molecule has 0 aromatic carbocycles. The van der Waals surface area contributed by atoms with Crippen LogP contribution in [0.2, 0.25) is 0 Å². The molecule has 0 aromatic heterocycles. The van der Waals surface area contributed by atoms with Crippen molar-refractivity contribution in [1.82, 2.24) is 20.4 Å². The second-order valence-corrected chi connectivity index (χ2v) is 8.03. The fraction of sp³-hybridized carbons (Fsp3) is 0.737. The zero-order valence-corrected chi connectivity index (χ0v) is 16.7. The first kappa shape index (κ1) is 22.0. The summed E-state index contributed by atoms with van der Waals surface area (Å²) in [7, 11) is 0. The van der Waals surface area contributed by atoms with Crippen LogP contribution in [0.5, 0.6) is 0 Å². The fourth-order valence-corrected chi connectivity index (χ4v) is 4.52. The van der Waals surface area contributed by atoms with Gasteiger partial charge in [0.2, 0.25) is 17.7 Å². The Hall–Kier alpha value is -2.69. The Bertz CT molecular complexity index is 722. The zero-order chi connectivity index (χ0) is 21.8.